The van der Waals surface area contributed by atoms with Gasteiger partial charge in [-0.2, -0.15) is 0 Å². The quantitative estimate of drug-likeness (QED) is 0.280. The van der Waals surface area contributed by atoms with E-state index in [-0.39, 0.29) is 124 Å². The first kappa shape index (κ1) is 32.4. The van der Waals surface area contributed by atoms with Crippen molar-refractivity contribution in [2.24, 2.45) is 22.7 Å². The number of hydrogen-bond acceptors (Lipinski definition) is 5. The van der Waals surface area contributed by atoms with Gasteiger partial charge in [0.15, 0.2) is 0 Å². The number of aliphatic hydroxyl groups excluding tert-OH is 2. The molecule has 5 nitrogen and oxygen atoms in total. The molecule has 0 bridgehead atoms. The summed E-state index contributed by atoms with van der Waals surface area (Å²) in [6.45, 7) is 9.58. The van der Waals surface area contributed by atoms with Gasteiger partial charge in [-0.3, -0.25) is 0 Å². The van der Waals surface area contributed by atoms with Crippen molar-refractivity contribution >= 4 is 17.6 Å². The van der Waals surface area contributed by atoms with Crippen molar-refractivity contribution in [2.75, 3.05) is 13.2 Å². The summed E-state index contributed by atoms with van der Waals surface area (Å²) in [5.74, 6) is 0.0738. The van der Waals surface area contributed by atoms with E-state index in [2.05, 4.69) is 18.8 Å². The normalized spacial score (nSPS) is 33.1. The van der Waals surface area contributed by atoms with E-state index in [1.54, 1.807) is 0 Å². The first-order valence-corrected chi connectivity index (χ1v) is 12.4. The number of rotatable bonds is 7. The number of carbonyl (C=O) groups is 1. The maximum Gasteiger partial charge on any atom is 0.335 e. The third-order valence-corrected chi connectivity index (χ3v) is 9.16. The van der Waals surface area contributed by atoms with E-state index >= 15 is 0 Å². The van der Waals surface area contributed by atoms with Gasteiger partial charge < -0.3 is 20.3 Å². The van der Waals surface area contributed by atoms with Gasteiger partial charge >= 0.3 is 5.97 Å². The molecular formula is C27H36Ac2ClNO4. The monoisotopic (exact) mass is 927 g/mol. The molecule has 1 heterocycles. The van der Waals surface area contributed by atoms with Crippen LogP contribution in [0.4, 0.5) is 0 Å². The number of nitrogens with one attached hydrogen (secondary N) is 1. The molecule has 8 heteroatoms. The molecule has 35 heavy (non-hydrogen) atoms. The fourth-order valence-electron chi connectivity index (χ4n) is 6.72. The Balaban J connectivity index is 0.00000216. The molecule has 4 rings (SSSR count). The van der Waals surface area contributed by atoms with E-state index in [0.717, 1.165) is 31.2 Å². The molecule has 3 aliphatic rings. The summed E-state index contributed by atoms with van der Waals surface area (Å²) < 4.78 is 5.25. The largest absolute Gasteiger partial charge is 0.458 e. The van der Waals surface area contributed by atoms with Crippen LogP contribution >= 0.6 is 11.6 Å². The molecule has 3 unspecified atom stereocenters. The number of carbonyl (C=O) groups excluding carboxylic acids is 1. The first-order chi connectivity index (χ1) is 15.7. The Labute approximate surface area is 286 Å². The Morgan fingerprint density at radius 1 is 1.26 bits per heavy atom. The number of allylic oxidation sites excluding steroid dienone is 1. The molecule has 2 saturated carbocycles. The Kier molecular flexibility index (Phi) is 12.5. The standard InChI is InChI=1S/C27H36ClNO4.2Ac/c1-17-8-9-23-26(2,12-10-24(31)27(23,3)16-30)20(17)14-22(19-11-13-33-25(19)32)29-15-18-6-4-5-7-21(18)28;;/h4-7,11,20,22-24,29-31H,1,8-10,12-16H2,2-3H3;;/t20-,22?,23?,24?,26+,27-;;/m0../s1. The summed E-state index contributed by atoms with van der Waals surface area (Å²) in [6.07, 6.45) is 5.41. The Hall–Kier alpha value is 1.22. The minimum absolute atomic E-state index is 0. The van der Waals surface area contributed by atoms with Crippen LogP contribution in [0.1, 0.15) is 51.5 Å². The van der Waals surface area contributed by atoms with Gasteiger partial charge in [0.25, 0.3) is 0 Å². The number of cyclic esters (lactones) is 1. The predicted molar refractivity (Wildman–Crippen MR) is 130 cm³/mol. The van der Waals surface area contributed by atoms with Crippen LogP contribution in [0, 0.1) is 111 Å². The fraction of sp³-hybridized carbons (Fsp3) is 0.593. The Bertz CT molecular complexity index is 957. The van der Waals surface area contributed by atoms with E-state index in [1.165, 1.54) is 5.57 Å². The SMILES string of the molecule is C=C1CCC2[C@](C)(CO)C(O)CC[C@]2(C)[C@H]1CC(NCc1ccccc1Cl)C1=CCOC1=O.[Ac].[Ac]. The van der Waals surface area contributed by atoms with Gasteiger partial charge in [-0.15, -0.1) is 0 Å². The second-order valence-electron chi connectivity index (χ2n) is 10.5. The van der Waals surface area contributed by atoms with E-state index in [1.807, 2.05) is 37.3 Å². The summed E-state index contributed by atoms with van der Waals surface area (Å²) in [5.41, 5.74) is 2.21. The molecule has 0 aromatic heterocycles. The topological polar surface area (TPSA) is 78.8 Å². The molecule has 6 atom stereocenters. The zero-order valence-electron chi connectivity index (χ0n) is 20.8. The van der Waals surface area contributed by atoms with Crippen LogP contribution in [0.2, 0.25) is 5.02 Å². The van der Waals surface area contributed by atoms with Crippen LogP contribution in [-0.4, -0.2) is 41.5 Å². The second-order valence-corrected chi connectivity index (χ2v) is 11.0. The van der Waals surface area contributed by atoms with Crippen molar-refractivity contribution in [3.8, 4) is 0 Å². The van der Waals surface area contributed by atoms with Gasteiger partial charge in [0.2, 0.25) is 0 Å². The van der Waals surface area contributed by atoms with Crippen LogP contribution in [0.3, 0.4) is 0 Å². The summed E-state index contributed by atoms with van der Waals surface area (Å²) in [7, 11) is 0. The van der Waals surface area contributed by atoms with Gasteiger partial charge in [0.1, 0.15) is 6.61 Å². The van der Waals surface area contributed by atoms with Crippen molar-refractivity contribution in [1.82, 2.24) is 5.32 Å². The van der Waals surface area contributed by atoms with Gasteiger partial charge in [-0.1, -0.05) is 55.8 Å². The zero-order chi connectivity index (χ0) is 23.8. The van der Waals surface area contributed by atoms with Crippen LogP contribution < -0.4 is 5.32 Å². The van der Waals surface area contributed by atoms with Crippen LogP contribution in [0.5, 0.6) is 0 Å². The molecule has 1 aliphatic heterocycles. The maximum absolute atomic E-state index is 12.5. The molecule has 2 aliphatic carbocycles. The minimum Gasteiger partial charge on any atom is -0.458 e. The summed E-state index contributed by atoms with van der Waals surface area (Å²) in [6, 6.07) is 7.52. The number of esters is 1. The second kappa shape index (κ2) is 13.5. The molecule has 2 fully saturated rings. The minimum atomic E-state index is -0.530. The molecule has 2 radical (unpaired) electrons. The summed E-state index contributed by atoms with van der Waals surface area (Å²) in [5, 5.41) is 25.3. The van der Waals surface area contributed by atoms with Gasteiger partial charge in [0.05, 0.1) is 18.3 Å². The van der Waals surface area contributed by atoms with Gasteiger partial charge in [-0.05, 0) is 67.1 Å². The molecule has 1 aromatic carbocycles. The Morgan fingerprint density at radius 3 is 2.60 bits per heavy atom. The van der Waals surface area contributed by atoms with E-state index in [0.29, 0.717) is 30.2 Å². The average Bonchev–Trinajstić information content (AvgIpc) is 3.22. The van der Waals surface area contributed by atoms with Crippen molar-refractivity contribution in [2.45, 2.75) is 64.6 Å². The van der Waals surface area contributed by atoms with Crippen LogP contribution in [0.25, 0.3) is 0 Å². The average molecular weight is 928 g/mol. The van der Waals surface area contributed by atoms with Crippen LogP contribution in [0.15, 0.2) is 48.1 Å². The smallest absolute Gasteiger partial charge is 0.335 e. The number of hydrogen-bond donors (Lipinski definition) is 3. The Morgan fingerprint density at radius 2 is 1.97 bits per heavy atom. The molecule has 0 saturated heterocycles. The van der Waals surface area contributed by atoms with Gasteiger partial charge in [-0.25, -0.2) is 4.79 Å². The number of benzene rings is 1. The van der Waals surface area contributed by atoms with Crippen molar-refractivity contribution < 1.29 is 108 Å². The van der Waals surface area contributed by atoms with Crippen molar-refractivity contribution in [1.29, 1.82) is 0 Å². The molecule has 0 amide bonds. The number of aliphatic hydroxyl groups is 2. The first-order valence-electron chi connectivity index (χ1n) is 12.0. The third-order valence-electron chi connectivity index (χ3n) is 8.79. The fourth-order valence-corrected chi connectivity index (χ4v) is 6.93. The molecular weight excluding hydrogens is 892 g/mol. The molecule has 3 N–H and O–H groups in total. The van der Waals surface area contributed by atoms with E-state index < -0.39 is 11.5 Å². The molecule has 1 aromatic rings. The third kappa shape index (κ3) is 6.52. The zero-order valence-corrected chi connectivity index (χ0v) is 31.1. The molecule has 0 spiro atoms. The summed E-state index contributed by atoms with van der Waals surface area (Å²) >= 11 is 6.38. The number of fused-ring (bicyclic) bond motifs is 1. The van der Waals surface area contributed by atoms with E-state index in [4.69, 9.17) is 16.3 Å². The van der Waals surface area contributed by atoms with Gasteiger partial charge in [0, 0.05) is 111 Å². The van der Waals surface area contributed by atoms with Crippen LogP contribution in [-0.2, 0) is 16.1 Å². The predicted octanol–water partition coefficient (Wildman–Crippen LogP) is 4.41. The van der Waals surface area contributed by atoms with Crippen molar-refractivity contribution in [3.05, 3.63) is 58.7 Å². The van der Waals surface area contributed by atoms with Crippen molar-refractivity contribution in [3.63, 3.8) is 0 Å². The summed E-state index contributed by atoms with van der Waals surface area (Å²) in [4.78, 5) is 12.5. The number of halogens is 1. The maximum atomic E-state index is 12.5. The number of ether oxygens (including phenoxy) is 1. The molecule has 186 valence electrons. The van der Waals surface area contributed by atoms with E-state index in [9.17, 15) is 15.0 Å².